The number of hydrogen-bond acceptors (Lipinski definition) is 4. The summed E-state index contributed by atoms with van der Waals surface area (Å²) in [6, 6.07) is 4.29. The predicted octanol–water partition coefficient (Wildman–Crippen LogP) is 1.91. The Kier molecular flexibility index (Phi) is 3.93. The highest BCUT2D eigenvalue weighted by Crippen LogP contribution is 2.27. The van der Waals surface area contributed by atoms with Crippen LogP contribution in [0.1, 0.15) is 6.42 Å². The lowest BCUT2D eigenvalue weighted by atomic mass is 9.99. The topological polar surface area (TPSA) is 84.3 Å². The molecule has 0 bridgehead atoms. The van der Waals surface area contributed by atoms with Gasteiger partial charge in [-0.2, -0.15) is 0 Å². The molecule has 1 fully saturated rings. The van der Waals surface area contributed by atoms with Crippen molar-refractivity contribution in [3.63, 3.8) is 0 Å². The Morgan fingerprint density at radius 2 is 2.28 bits per heavy atom. The van der Waals surface area contributed by atoms with Crippen molar-refractivity contribution >= 4 is 33.2 Å². The summed E-state index contributed by atoms with van der Waals surface area (Å²) in [7, 11) is 0. The van der Waals surface area contributed by atoms with Gasteiger partial charge in [0.25, 0.3) is 5.69 Å². The second kappa shape index (κ2) is 5.45. The van der Waals surface area contributed by atoms with Gasteiger partial charge < -0.3 is 10.6 Å². The highest BCUT2D eigenvalue weighted by atomic mass is 79.9. The summed E-state index contributed by atoms with van der Waals surface area (Å²) in [5, 5.41) is 16.4. The molecule has 18 heavy (non-hydrogen) atoms. The molecule has 0 aromatic heterocycles. The van der Waals surface area contributed by atoms with Crippen LogP contribution in [0.4, 0.5) is 11.4 Å². The van der Waals surface area contributed by atoms with E-state index in [2.05, 4.69) is 26.6 Å². The van der Waals surface area contributed by atoms with Crippen molar-refractivity contribution in [2.75, 3.05) is 18.4 Å². The molecule has 1 amide bonds. The van der Waals surface area contributed by atoms with E-state index in [0.29, 0.717) is 22.5 Å². The number of nitro groups is 1. The molecule has 96 valence electrons. The summed E-state index contributed by atoms with van der Waals surface area (Å²) in [6.45, 7) is 1.70. The van der Waals surface area contributed by atoms with Crippen molar-refractivity contribution in [1.82, 2.24) is 5.32 Å². The predicted molar refractivity (Wildman–Crippen MR) is 70.4 cm³/mol. The van der Waals surface area contributed by atoms with Crippen LogP contribution in [0.2, 0.25) is 0 Å². The molecule has 0 atom stereocenters. The molecule has 2 rings (SSSR count). The zero-order chi connectivity index (χ0) is 13.1. The minimum atomic E-state index is -0.488. The Labute approximate surface area is 112 Å². The number of halogens is 1. The van der Waals surface area contributed by atoms with Crippen LogP contribution < -0.4 is 10.6 Å². The van der Waals surface area contributed by atoms with Crippen LogP contribution in [0.3, 0.4) is 0 Å². The van der Waals surface area contributed by atoms with E-state index in [1.807, 2.05) is 0 Å². The molecular formula is C11H12BrN3O3. The number of anilines is 1. The Balaban J connectivity index is 2.04. The van der Waals surface area contributed by atoms with Crippen LogP contribution in [-0.2, 0) is 4.79 Å². The maximum atomic E-state index is 11.7. The Hall–Kier alpha value is -1.47. The fraction of sp³-hybridized carbons (Fsp3) is 0.364. The lowest BCUT2D eigenvalue weighted by molar-refractivity contribution is -0.384. The maximum absolute atomic E-state index is 11.7. The zero-order valence-corrected chi connectivity index (χ0v) is 11.1. The highest BCUT2D eigenvalue weighted by molar-refractivity contribution is 9.10. The molecule has 1 aromatic carbocycles. The summed E-state index contributed by atoms with van der Waals surface area (Å²) >= 11 is 3.26. The van der Waals surface area contributed by atoms with Crippen LogP contribution in [0.5, 0.6) is 0 Å². The molecule has 0 spiro atoms. The van der Waals surface area contributed by atoms with Gasteiger partial charge >= 0.3 is 0 Å². The fourth-order valence-corrected chi connectivity index (χ4v) is 2.02. The summed E-state index contributed by atoms with van der Waals surface area (Å²) in [5.74, 6) is 0.241. The van der Waals surface area contributed by atoms with E-state index in [-0.39, 0.29) is 11.6 Å². The number of amides is 1. The number of non-ortho nitro benzene ring substituents is 1. The summed E-state index contributed by atoms with van der Waals surface area (Å²) < 4.78 is 0.633. The molecule has 2 N–H and O–H groups in total. The van der Waals surface area contributed by atoms with Crippen LogP contribution in [-0.4, -0.2) is 23.9 Å². The van der Waals surface area contributed by atoms with E-state index in [0.717, 1.165) is 13.1 Å². The van der Waals surface area contributed by atoms with E-state index < -0.39 is 4.92 Å². The minimum Gasteiger partial charge on any atom is -0.325 e. The smallest absolute Gasteiger partial charge is 0.271 e. The van der Waals surface area contributed by atoms with Gasteiger partial charge in [-0.3, -0.25) is 14.9 Å². The summed E-state index contributed by atoms with van der Waals surface area (Å²) in [5.41, 5.74) is 0.389. The standard InChI is InChI=1S/C11H12BrN3O3/c12-9-2-1-8(15(17)18)4-10(9)14-11(16)3-7-5-13-6-7/h1-2,4,7,13H,3,5-6H2,(H,14,16). The van der Waals surface area contributed by atoms with Crippen molar-refractivity contribution in [3.05, 3.63) is 32.8 Å². The van der Waals surface area contributed by atoms with E-state index in [1.54, 1.807) is 6.07 Å². The molecule has 0 unspecified atom stereocenters. The first-order valence-corrected chi connectivity index (χ1v) is 6.30. The number of hydrogen-bond donors (Lipinski definition) is 2. The van der Waals surface area contributed by atoms with Gasteiger partial charge in [0, 0.05) is 23.0 Å². The summed E-state index contributed by atoms with van der Waals surface area (Å²) in [6.07, 6.45) is 0.433. The molecule has 1 saturated heterocycles. The van der Waals surface area contributed by atoms with E-state index >= 15 is 0 Å². The number of rotatable bonds is 4. The van der Waals surface area contributed by atoms with E-state index in [4.69, 9.17) is 0 Å². The highest BCUT2D eigenvalue weighted by Gasteiger charge is 2.20. The first kappa shape index (κ1) is 13.0. The molecule has 7 heteroatoms. The molecule has 0 radical (unpaired) electrons. The Bertz CT molecular complexity index is 488. The molecule has 0 aliphatic carbocycles. The van der Waals surface area contributed by atoms with Crippen molar-refractivity contribution in [2.45, 2.75) is 6.42 Å². The third-order valence-corrected chi connectivity index (χ3v) is 3.47. The molecule has 0 saturated carbocycles. The number of nitrogens with zero attached hydrogens (tertiary/aromatic N) is 1. The number of carbonyl (C=O) groups excluding carboxylic acids is 1. The van der Waals surface area contributed by atoms with Crippen molar-refractivity contribution in [3.8, 4) is 0 Å². The van der Waals surface area contributed by atoms with Gasteiger partial charge in [-0.15, -0.1) is 0 Å². The third kappa shape index (κ3) is 3.05. The maximum Gasteiger partial charge on any atom is 0.271 e. The second-order valence-corrected chi connectivity index (χ2v) is 5.05. The fourth-order valence-electron chi connectivity index (χ4n) is 1.68. The number of nitro benzene ring substituents is 1. The molecule has 1 aliphatic heterocycles. The summed E-state index contributed by atoms with van der Waals surface area (Å²) in [4.78, 5) is 21.9. The van der Waals surface area contributed by atoms with Crippen LogP contribution >= 0.6 is 15.9 Å². The van der Waals surface area contributed by atoms with Gasteiger partial charge in [0.1, 0.15) is 0 Å². The largest absolute Gasteiger partial charge is 0.325 e. The van der Waals surface area contributed by atoms with E-state index in [9.17, 15) is 14.9 Å². The van der Waals surface area contributed by atoms with Gasteiger partial charge in [-0.05, 0) is 41.0 Å². The normalized spacial score (nSPS) is 14.9. The molecule has 1 aliphatic rings. The quantitative estimate of drug-likeness (QED) is 0.657. The van der Waals surface area contributed by atoms with Crippen LogP contribution in [0.15, 0.2) is 22.7 Å². The molecule has 1 heterocycles. The number of carbonyl (C=O) groups is 1. The van der Waals surface area contributed by atoms with Gasteiger partial charge in [0.05, 0.1) is 10.6 Å². The second-order valence-electron chi connectivity index (χ2n) is 4.20. The lowest BCUT2D eigenvalue weighted by Crippen LogP contribution is -2.43. The first-order valence-electron chi connectivity index (χ1n) is 5.51. The van der Waals surface area contributed by atoms with Crippen molar-refractivity contribution in [1.29, 1.82) is 0 Å². The van der Waals surface area contributed by atoms with Gasteiger partial charge in [0.15, 0.2) is 0 Å². The molecule has 6 nitrogen and oxygen atoms in total. The SMILES string of the molecule is O=C(CC1CNC1)Nc1cc([N+](=O)[O-])ccc1Br. The minimum absolute atomic E-state index is 0.0428. The Morgan fingerprint density at radius 1 is 1.56 bits per heavy atom. The molecule has 1 aromatic rings. The van der Waals surface area contributed by atoms with Gasteiger partial charge in [0.2, 0.25) is 5.91 Å². The van der Waals surface area contributed by atoms with Crippen LogP contribution in [0.25, 0.3) is 0 Å². The van der Waals surface area contributed by atoms with Crippen LogP contribution in [0, 0.1) is 16.0 Å². The Morgan fingerprint density at radius 3 is 2.83 bits per heavy atom. The average molecular weight is 314 g/mol. The average Bonchev–Trinajstić information content (AvgIpc) is 2.26. The zero-order valence-electron chi connectivity index (χ0n) is 9.48. The van der Waals surface area contributed by atoms with Gasteiger partial charge in [-0.1, -0.05) is 0 Å². The van der Waals surface area contributed by atoms with Crippen molar-refractivity contribution < 1.29 is 9.72 Å². The van der Waals surface area contributed by atoms with Gasteiger partial charge in [-0.25, -0.2) is 0 Å². The number of benzene rings is 1. The van der Waals surface area contributed by atoms with E-state index in [1.165, 1.54) is 12.1 Å². The third-order valence-electron chi connectivity index (χ3n) is 2.77. The monoisotopic (exact) mass is 313 g/mol. The molecular weight excluding hydrogens is 302 g/mol. The first-order chi connectivity index (χ1) is 8.56. The number of nitrogens with one attached hydrogen (secondary N) is 2. The lowest BCUT2D eigenvalue weighted by Gasteiger charge is -2.26. The van der Waals surface area contributed by atoms with Crippen molar-refractivity contribution in [2.24, 2.45) is 5.92 Å².